The molecule has 33 heavy (non-hydrogen) atoms. The third-order valence-electron chi connectivity index (χ3n) is 6.45. The fraction of sp³-hybridized carbons (Fsp3) is 0.423. The van der Waals surface area contributed by atoms with Gasteiger partial charge < -0.3 is 5.32 Å². The number of amides is 1. The van der Waals surface area contributed by atoms with E-state index >= 15 is 0 Å². The monoisotopic (exact) mass is 467 g/mol. The number of piperazine rings is 1. The van der Waals surface area contributed by atoms with Crippen LogP contribution in [0.3, 0.4) is 0 Å². The van der Waals surface area contributed by atoms with E-state index in [4.69, 9.17) is 0 Å². The van der Waals surface area contributed by atoms with Crippen LogP contribution in [0.15, 0.2) is 71.1 Å². The molecular weight excluding hydrogens is 434 g/mol. The molecule has 1 aliphatic heterocycles. The molecule has 1 saturated heterocycles. The molecule has 0 radical (unpaired) electrons. The molecule has 4 rings (SSSR count). The van der Waals surface area contributed by atoms with Crippen molar-refractivity contribution < 1.29 is 13.2 Å². The second-order valence-electron chi connectivity index (χ2n) is 8.80. The second-order valence-corrected chi connectivity index (χ2v) is 10.7. The van der Waals surface area contributed by atoms with Crippen LogP contribution in [0.4, 0.5) is 0 Å². The number of hydrogen-bond acceptors (Lipinski definition) is 4. The molecule has 1 aliphatic carbocycles. The predicted molar refractivity (Wildman–Crippen MR) is 130 cm³/mol. The maximum Gasteiger partial charge on any atom is 0.251 e. The Morgan fingerprint density at radius 1 is 0.909 bits per heavy atom. The molecular formula is C26H33N3O3S. The summed E-state index contributed by atoms with van der Waals surface area (Å²) in [6.45, 7) is 3.76. The van der Waals surface area contributed by atoms with Gasteiger partial charge in [0.05, 0.1) is 4.90 Å². The van der Waals surface area contributed by atoms with Crippen LogP contribution >= 0.6 is 0 Å². The zero-order chi connectivity index (χ0) is 23.1. The van der Waals surface area contributed by atoms with E-state index in [1.165, 1.54) is 24.8 Å². The Labute approximate surface area is 197 Å². The maximum absolute atomic E-state index is 12.8. The Kier molecular flexibility index (Phi) is 7.96. The standard InChI is InChI=1S/C26H33N3O3S/c30-26(27-16-15-22-7-3-1-4-8-22)24-13-11-23(12-14-24)21-28-17-19-29(20-18-28)33(31,32)25-9-5-2-6-10-25/h2,5-7,9-14H,1,3-4,8,15-21H2,(H,27,30). The number of nitrogens with one attached hydrogen (secondary N) is 1. The fourth-order valence-electron chi connectivity index (χ4n) is 4.46. The van der Waals surface area contributed by atoms with E-state index in [0.717, 1.165) is 24.9 Å². The first-order valence-electron chi connectivity index (χ1n) is 11.8. The van der Waals surface area contributed by atoms with Crippen molar-refractivity contribution in [1.82, 2.24) is 14.5 Å². The molecule has 0 saturated carbocycles. The van der Waals surface area contributed by atoms with E-state index in [9.17, 15) is 13.2 Å². The zero-order valence-corrected chi connectivity index (χ0v) is 19.9. The van der Waals surface area contributed by atoms with Gasteiger partial charge >= 0.3 is 0 Å². The molecule has 0 spiro atoms. The summed E-state index contributed by atoms with van der Waals surface area (Å²) >= 11 is 0. The van der Waals surface area contributed by atoms with Gasteiger partial charge in [0, 0.05) is 44.8 Å². The molecule has 7 heteroatoms. The molecule has 0 unspecified atom stereocenters. The van der Waals surface area contributed by atoms with Crippen LogP contribution in [0, 0.1) is 0 Å². The molecule has 1 N–H and O–H groups in total. The van der Waals surface area contributed by atoms with E-state index in [0.29, 0.717) is 43.2 Å². The lowest BCUT2D eigenvalue weighted by molar-refractivity contribution is 0.0954. The number of benzene rings is 2. The van der Waals surface area contributed by atoms with Crippen LogP contribution < -0.4 is 5.32 Å². The molecule has 2 aromatic rings. The van der Waals surface area contributed by atoms with Crippen LogP contribution in [0.2, 0.25) is 0 Å². The molecule has 1 fully saturated rings. The quantitative estimate of drug-likeness (QED) is 0.600. The molecule has 0 bridgehead atoms. The first-order valence-corrected chi connectivity index (χ1v) is 13.3. The number of allylic oxidation sites excluding steroid dienone is 1. The summed E-state index contributed by atoms with van der Waals surface area (Å²) in [7, 11) is -3.43. The van der Waals surface area contributed by atoms with Crippen molar-refractivity contribution in [3.63, 3.8) is 0 Å². The highest BCUT2D eigenvalue weighted by Crippen LogP contribution is 2.20. The minimum atomic E-state index is -3.43. The van der Waals surface area contributed by atoms with Crippen molar-refractivity contribution in [2.75, 3.05) is 32.7 Å². The lowest BCUT2D eigenvalue weighted by atomic mass is 9.97. The number of hydrogen-bond donors (Lipinski definition) is 1. The van der Waals surface area contributed by atoms with E-state index in [1.54, 1.807) is 28.6 Å². The Bertz CT molecular complexity index is 1060. The van der Waals surface area contributed by atoms with E-state index in [-0.39, 0.29) is 5.91 Å². The molecule has 0 aromatic heterocycles. The number of sulfonamides is 1. The van der Waals surface area contributed by atoms with Crippen LogP contribution in [0.5, 0.6) is 0 Å². The molecule has 2 aliphatic rings. The topological polar surface area (TPSA) is 69.7 Å². The van der Waals surface area contributed by atoms with Crippen LogP contribution in [0.25, 0.3) is 0 Å². The lowest BCUT2D eigenvalue weighted by Crippen LogP contribution is -2.48. The SMILES string of the molecule is O=C(NCCC1=CCCCC1)c1ccc(CN2CCN(S(=O)(=O)c3ccccc3)CC2)cc1. The lowest BCUT2D eigenvalue weighted by Gasteiger charge is -2.34. The minimum Gasteiger partial charge on any atom is -0.352 e. The first-order chi connectivity index (χ1) is 16.0. The van der Waals surface area contributed by atoms with Gasteiger partial charge in [0.25, 0.3) is 5.91 Å². The highest BCUT2D eigenvalue weighted by atomic mass is 32.2. The number of carbonyl (C=O) groups excluding carboxylic acids is 1. The number of nitrogens with zero attached hydrogens (tertiary/aromatic N) is 2. The smallest absolute Gasteiger partial charge is 0.251 e. The molecule has 1 amide bonds. The molecule has 1 heterocycles. The average molecular weight is 468 g/mol. The Morgan fingerprint density at radius 3 is 2.30 bits per heavy atom. The van der Waals surface area contributed by atoms with Crippen LogP contribution in [0.1, 0.15) is 48.0 Å². The normalized spacial score (nSPS) is 18.0. The number of rotatable bonds is 8. The van der Waals surface area contributed by atoms with Crippen LogP contribution in [-0.2, 0) is 16.6 Å². The summed E-state index contributed by atoms with van der Waals surface area (Å²) in [5, 5.41) is 3.03. The first kappa shape index (κ1) is 23.7. The third-order valence-corrected chi connectivity index (χ3v) is 8.36. The fourth-order valence-corrected chi connectivity index (χ4v) is 5.90. The van der Waals surface area contributed by atoms with Gasteiger partial charge in [0.15, 0.2) is 0 Å². The van der Waals surface area contributed by atoms with Gasteiger partial charge in [0.1, 0.15) is 0 Å². The minimum absolute atomic E-state index is 0.0299. The third kappa shape index (κ3) is 6.31. The van der Waals surface area contributed by atoms with E-state index in [1.807, 2.05) is 30.3 Å². The van der Waals surface area contributed by atoms with Gasteiger partial charge in [-0.1, -0.05) is 42.0 Å². The summed E-state index contributed by atoms with van der Waals surface area (Å²) in [6, 6.07) is 16.3. The van der Waals surface area contributed by atoms with Gasteiger partial charge in [-0.25, -0.2) is 8.42 Å². The highest BCUT2D eigenvalue weighted by molar-refractivity contribution is 7.89. The van der Waals surface area contributed by atoms with Crippen molar-refractivity contribution in [1.29, 1.82) is 0 Å². The largest absolute Gasteiger partial charge is 0.352 e. The van der Waals surface area contributed by atoms with Crippen molar-refractivity contribution in [3.05, 3.63) is 77.4 Å². The molecule has 176 valence electrons. The van der Waals surface area contributed by atoms with Crippen molar-refractivity contribution in [3.8, 4) is 0 Å². The van der Waals surface area contributed by atoms with Crippen molar-refractivity contribution in [2.45, 2.75) is 43.5 Å². The Morgan fingerprint density at radius 2 is 1.64 bits per heavy atom. The molecule has 6 nitrogen and oxygen atoms in total. The van der Waals surface area contributed by atoms with Crippen molar-refractivity contribution >= 4 is 15.9 Å². The van der Waals surface area contributed by atoms with Crippen LogP contribution in [-0.4, -0.2) is 56.3 Å². The summed E-state index contributed by atoms with van der Waals surface area (Å²) in [5.74, 6) is -0.0299. The highest BCUT2D eigenvalue weighted by Gasteiger charge is 2.28. The Hall–Kier alpha value is -2.48. The molecule has 2 aromatic carbocycles. The van der Waals surface area contributed by atoms with Gasteiger partial charge in [-0.05, 0) is 61.9 Å². The summed E-state index contributed by atoms with van der Waals surface area (Å²) in [5.41, 5.74) is 3.27. The second kappa shape index (κ2) is 11.1. The van der Waals surface area contributed by atoms with Gasteiger partial charge in [-0.15, -0.1) is 0 Å². The maximum atomic E-state index is 12.8. The molecule has 0 atom stereocenters. The summed E-state index contributed by atoms with van der Waals surface area (Å²) in [4.78, 5) is 15.0. The van der Waals surface area contributed by atoms with Crippen molar-refractivity contribution in [2.24, 2.45) is 0 Å². The average Bonchev–Trinajstić information content (AvgIpc) is 2.86. The van der Waals surface area contributed by atoms with Gasteiger partial charge in [-0.3, -0.25) is 9.69 Å². The predicted octanol–water partition coefficient (Wildman–Crippen LogP) is 3.81. The Balaban J connectivity index is 1.23. The summed E-state index contributed by atoms with van der Waals surface area (Å²) in [6.07, 6.45) is 8.14. The van der Waals surface area contributed by atoms with Gasteiger partial charge in [-0.2, -0.15) is 4.31 Å². The summed E-state index contributed by atoms with van der Waals surface area (Å²) < 4.78 is 27.1. The zero-order valence-electron chi connectivity index (χ0n) is 19.1. The van der Waals surface area contributed by atoms with E-state index < -0.39 is 10.0 Å². The van der Waals surface area contributed by atoms with E-state index in [2.05, 4.69) is 16.3 Å². The van der Waals surface area contributed by atoms with Gasteiger partial charge in [0.2, 0.25) is 10.0 Å². The number of carbonyl (C=O) groups is 1.